The van der Waals surface area contributed by atoms with Gasteiger partial charge in [-0.15, -0.1) is 0 Å². The van der Waals surface area contributed by atoms with Crippen LogP contribution in [0.25, 0.3) is 0 Å². The van der Waals surface area contributed by atoms with E-state index in [1.807, 2.05) is 0 Å². The van der Waals surface area contributed by atoms with Gasteiger partial charge in [0, 0.05) is 6.61 Å². The van der Waals surface area contributed by atoms with E-state index >= 15 is 0 Å². The maximum atomic E-state index is 8.42. The van der Waals surface area contributed by atoms with Gasteiger partial charge in [-0.2, -0.15) is 0 Å². The summed E-state index contributed by atoms with van der Waals surface area (Å²) < 4.78 is 0. The van der Waals surface area contributed by atoms with Crippen LogP contribution in [-0.4, -0.2) is 30.6 Å². The third-order valence-electron chi connectivity index (χ3n) is 1.51. The molecule has 0 aliphatic carbocycles. The molecule has 0 aromatic carbocycles. The van der Waals surface area contributed by atoms with Crippen molar-refractivity contribution in [2.75, 3.05) is 6.61 Å². The summed E-state index contributed by atoms with van der Waals surface area (Å²) in [6.07, 6.45) is 7.50. The van der Waals surface area contributed by atoms with E-state index in [2.05, 4.69) is 6.92 Å². The predicted molar refractivity (Wildman–Crippen MR) is 47.6 cm³/mol. The zero-order valence-electron chi connectivity index (χ0n) is 6.40. The number of aliphatic hydroxyl groups is 1. The van der Waals surface area contributed by atoms with E-state index in [1.54, 1.807) is 0 Å². The Morgan fingerprint density at radius 2 is 1.40 bits per heavy atom. The first-order valence-corrected chi connectivity index (χ1v) is 4.02. The Labute approximate surface area is 76.4 Å². The molecule has 0 aromatic heterocycles. The Bertz CT molecular complexity index is 42.5. The van der Waals surface area contributed by atoms with Gasteiger partial charge in [-0.05, 0) is 6.42 Å². The van der Waals surface area contributed by atoms with Crippen LogP contribution in [-0.2, 0) is 0 Å². The van der Waals surface area contributed by atoms with Crippen LogP contribution in [0.15, 0.2) is 0 Å². The molecular weight excluding hydrogens is 119 g/mol. The van der Waals surface area contributed by atoms with E-state index in [9.17, 15) is 0 Å². The monoisotopic (exact) mass is 138 g/mol. The number of unbranched alkanes of at least 4 members (excludes halogenated alkanes) is 5. The second-order valence-electron chi connectivity index (χ2n) is 2.49. The molecule has 0 fully saturated rings. The van der Waals surface area contributed by atoms with Gasteiger partial charge in [-0.1, -0.05) is 39.0 Å². The molecule has 0 aliphatic rings. The number of hydrogen-bond acceptors (Lipinski definition) is 1. The third-order valence-corrected chi connectivity index (χ3v) is 1.51. The van der Waals surface area contributed by atoms with Crippen molar-refractivity contribution in [3.05, 3.63) is 0 Å². The maximum absolute atomic E-state index is 8.42. The molecule has 0 saturated carbocycles. The molecule has 0 aliphatic heterocycles. The quantitative estimate of drug-likeness (QED) is 0.437. The van der Waals surface area contributed by atoms with Crippen molar-refractivity contribution in [1.29, 1.82) is 0 Å². The molecule has 0 heterocycles. The van der Waals surface area contributed by atoms with Crippen LogP contribution < -0.4 is 0 Å². The minimum atomic E-state index is 0. The first-order chi connectivity index (χ1) is 4.41. The van der Waals surface area contributed by atoms with Crippen molar-refractivity contribution in [2.45, 2.75) is 45.4 Å². The van der Waals surface area contributed by atoms with Gasteiger partial charge < -0.3 is 5.11 Å². The average molecular weight is 138 g/mol. The molecular formula is C8H19LiO. The molecule has 0 aromatic rings. The average Bonchev–Trinajstić information content (AvgIpc) is 1.89. The van der Waals surface area contributed by atoms with Crippen molar-refractivity contribution >= 4 is 18.9 Å². The predicted octanol–water partition coefficient (Wildman–Crippen LogP) is 1.69. The van der Waals surface area contributed by atoms with E-state index < -0.39 is 0 Å². The van der Waals surface area contributed by atoms with Crippen LogP contribution in [0.5, 0.6) is 0 Å². The molecule has 1 nitrogen and oxygen atoms in total. The van der Waals surface area contributed by atoms with Gasteiger partial charge in [0.1, 0.15) is 0 Å². The second kappa shape index (κ2) is 12.3. The van der Waals surface area contributed by atoms with Crippen LogP contribution >= 0.6 is 0 Å². The Morgan fingerprint density at radius 1 is 0.900 bits per heavy atom. The van der Waals surface area contributed by atoms with Crippen molar-refractivity contribution in [3.8, 4) is 0 Å². The van der Waals surface area contributed by atoms with Crippen LogP contribution in [0.3, 0.4) is 0 Å². The third kappa shape index (κ3) is 11.4. The molecule has 0 saturated heterocycles. The van der Waals surface area contributed by atoms with Gasteiger partial charge in [0.25, 0.3) is 0 Å². The van der Waals surface area contributed by atoms with Crippen molar-refractivity contribution in [2.24, 2.45) is 0 Å². The first-order valence-electron chi connectivity index (χ1n) is 4.02. The molecule has 0 unspecified atom stereocenters. The first kappa shape index (κ1) is 13.2. The molecule has 58 valence electrons. The molecule has 0 rings (SSSR count). The van der Waals surface area contributed by atoms with Crippen LogP contribution in [0.2, 0.25) is 0 Å². The van der Waals surface area contributed by atoms with E-state index in [0.29, 0.717) is 6.61 Å². The Kier molecular flexibility index (Phi) is 16.1. The van der Waals surface area contributed by atoms with E-state index in [1.165, 1.54) is 32.1 Å². The second-order valence-corrected chi connectivity index (χ2v) is 2.49. The SMILES string of the molecule is CCCCCCCCO.[LiH]. The Morgan fingerprint density at radius 3 is 1.90 bits per heavy atom. The zero-order chi connectivity index (χ0) is 6.95. The fourth-order valence-electron chi connectivity index (χ4n) is 0.892. The summed E-state index contributed by atoms with van der Waals surface area (Å²) in [4.78, 5) is 0. The summed E-state index contributed by atoms with van der Waals surface area (Å²) in [7, 11) is 0. The number of rotatable bonds is 6. The van der Waals surface area contributed by atoms with Crippen molar-refractivity contribution in [3.63, 3.8) is 0 Å². The van der Waals surface area contributed by atoms with Crippen LogP contribution in [0, 0.1) is 0 Å². The summed E-state index contributed by atoms with van der Waals surface area (Å²) in [6, 6.07) is 0. The van der Waals surface area contributed by atoms with Crippen LogP contribution in [0.1, 0.15) is 45.4 Å². The minimum absolute atomic E-state index is 0. The van der Waals surface area contributed by atoms with E-state index in [4.69, 9.17) is 5.11 Å². The van der Waals surface area contributed by atoms with Crippen molar-refractivity contribution < 1.29 is 5.11 Å². The Hall–Kier alpha value is 0.557. The zero-order valence-corrected chi connectivity index (χ0v) is 6.40. The summed E-state index contributed by atoms with van der Waals surface area (Å²) in [5, 5.41) is 8.42. The summed E-state index contributed by atoms with van der Waals surface area (Å²) in [6.45, 7) is 2.58. The number of aliphatic hydroxyl groups excluding tert-OH is 1. The molecule has 10 heavy (non-hydrogen) atoms. The summed E-state index contributed by atoms with van der Waals surface area (Å²) >= 11 is 0. The van der Waals surface area contributed by atoms with Gasteiger partial charge in [-0.25, -0.2) is 0 Å². The number of hydrogen-bond donors (Lipinski definition) is 1. The molecule has 0 bridgehead atoms. The van der Waals surface area contributed by atoms with Gasteiger partial charge in [-0.3, -0.25) is 0 Å². The van der Waals surface area contributed by atoms with Crippen LogP contribution in [0.4, 0.5) is 0 Å². The fourth-order valence-corrected chi connectivity index (χ4v) is 0.892. The molecule has 1 N–H and O–H groups in total. The molecule has 0 amide bonds. The van der Waals surface area contributed by atoms with Gasteiger partial charge in [0.05, 0.1) is 0 Å². The molecule has 0 spiro atoms. The summed E-state index contributed by atoms with van der Waals surface area (Å²) in [5.41, 5.74) is 0. The van der Waals surface area contributed by atoms with Crippen molar-refractivity contribution in [1.82, 2.24) is 0 Å². The van der Waals surface area contributed by atoms with Gasteiger partial charge in [0.15, 0.2) is 0 Å². The topological polar surface area (TPSA) is 20.2 Å². The molecule has 2 heteroatoms. The molecule has 0 atom stereocenters. The van der Waals surface area contributed by atoms with Gasteiger partial charge in [0.2, 0.25) is 0 Å². The standard InChI is InChI=1S/C8H18O.Li.H/c1-2-3-4-5-6-7-8-9;;/h9H,2-8H2,1H3;;. The van der Waals surface area contributed by atoms with E-state index in [0.717, 1.165) is 6.42 Å². The normalized spacial score (nSPS) is 9.00. The molecule has 0 radical (unpaired) electrons. The summed E-state index contributed by atoms with van der Waals surface area (Å²) in [5.74, 6) is 0. The Balaban J connectivity index is 0. The fraction of sp³-hybridized carbons (Fsp3) is 1.00. The van der Waals surface area contributed by atoms with E-state index in [-0.39, 0.29) is 18.9 Å². The van der Waals surface area contributed by atoms with Gasteiger partial charge >= 0.3 is 18.9 Å².